The Morgan fingerprint density at radius 3 is 2.80 bits per heavy atom. The fourth-order valence-corrected chi connectivity index (χ4v) is 1.73. The van der Waals surface area contributed by atoms with Gasteiger partial charge in [0.25, 0.3) is 0 Å². The highest BCUT2D eigenvalue weighted by Gasteiger charge is 2.05. The van der Waals surface area contributed by atoms with Crippen molar-refractivity contribution in [2.24, 2.45) is 5.92 Å². The summed E-state index contributed by atoms with van der Waals surface area (Å²) in [5.41, 5.74) is 1.19. The second-order valence-electron chi connectivity index (χ2n) is 3.85. The summed E-state index contributed by atoms with van der Waals surface area (Å²) in [6.07, 6.45) is 4.10. The van der Waals surface area contributed by atoms with Crippen molar-refractivity contribution in [1.29, 1.82) is 0 Å². The number of hydrogen-bond donors (Lipinski definition) is 1. The second-order valence-corrected chi connectivity index (χ2v) is 4.23. The zero-order chi connectivity index (χ0) is 11.1. The van der Waals surface area contributed by atoms with Crippen molar-refractivity contribution >= 4 is 17.4 Å². The summed E-state index contributed by atoms with van der Waals surface area (Å²) < 4.78 is 0. The highest BCUT2D eigenvalue weighted by atomic mass is 35.5. The third-order valence-corrected chi connectivity index (χ3v) is 2.80. The van der Waals surface area contributed by atoms with Crippen molar-refractivity contribution in [3.05, 3.63) is 23.9 Å². The van der Waals surface area contributed by atoms with Crippen LogP contribution in [0.5, 0.6) is 0 Å². The maximum atomic E-state index is 5.73. The predicted molar refractivity (Wildman–Crippen MR) is 66.6 cm³/mol. The number of hydrogen-bond acceptors (Lipinski definition) is 2. The van der Waals surface area contributed by atoms with Crippen molar-refractivity contribution in [2.75, 3.05) is 17.7 Å². The molecule has 0 aliphatic heterocycles. The van der Waals surface area contributed by atoms with Gasteiger partial charge in [0.05, 0.1) is 0 Å². The average molecular weight is 227 g/mol. The summed E-state index contributed by atoms with van der Waals surface area (Å²) in [7, 11) is 0. The van der Waals surface area contributed by atoms with Crippen LogP contribution in [0.1, 0.15) is 25.3 Å². The number of nitrogens with zero attached hydrogens (tertiary/aromatic N) is 1. The molecular weight excluding hydrogens is 208 g/mol. The van der Waals surface area contributed by atoms with Crippen molar-refractivity contribution in [3.63, 3.8) is 0 Å². The standard InChI is InChI=1S/C12H19ClN2/c1-3-11(6-7-13)9-15-12-5-4-10(2)8-14-12/h4-5,8,11H,3,6-7,9H2,1-2H3,(H,14,15). The van der Waals surface area contributed by atoms with Gasteiger partial charge in [0.2, 0.25) is 0 Å². The Morgan fingerprint density at radius 1 is 1.47 bits per heavy atom. The van der Waals surface area contributed by atoms with Crippen LogP contribution in [-0.4, -0.2) is 17.4 Å². The van der Waals surface area contributed by atoms with Gasteiger partial charge in [-0.1, -0.05) is 19.4 Å². The zero-order valence-corrected chi connectivity index (χ0v) is 10.2. The van der Waals surface area contributed by atoms with E-state index in [-0.39, 0.29) is 0 Å². The van der Waals surface area contributed by atoms with E-state index in [2.05, 4.69) is 23.3 Å². The van der Waals surface area contributed by atoms with E-state index in [1.54, 1.807) is 0 Å². The summed E-state index contributed by atoms with van der Waals surface area (Å²) in [6.45, 7) is 5.19. The third kappa shape index (κ3) is 4.52. The average Bonchev–Trinajstić information content (AvgIpc) is 2.26. The molecule has 0 amide bonds. The first-order valence-corrected chi connectivity index (χ1v) is 6.02. The molecular formula is C12H19ClN2. The molecule has 0 saturated heterocycles. The van der Waals surface area contributed by atoms with E-state index in [4.69, 9.17) is 11.6 Å². The molecule has 0 aliphatic carbocycles. The van der Waals surface area contributed by atoms with E-state index in [0.717, 1.165) is 31.1 Å². The number of halogens is 1. The molecule has 0 aliphatic rings. The topological polar surface area (TPSA) is 24.9 Å². The quantitative estimate of drug-likeness (QED) is 0.752. The van der Waals surface area contributed by atoms with Gasteiger partial charge in [-0.05, 0) is 30.9 Å². The minimum absolute atomic E-state index is 0.644. The Labute approximate surface area is 97.1 Å². The maximum absolute atomic E-state index is 5.73. The third-order valence-electron chi connectivity index (χ3n) is 2.58. The van der Waals surface area contributed by atoms with Crippen LogP contribution in [0.3, 0.4) is 0 Å². The maximum Gasteiger partial charge on any atom is 0.125 e. The van der Waals surface area contributed by atoms with Crippen LogP contribution in [-0.2, 0) is 0 Å². The largest absolute Gasteiger partial charge is 0.370 e. The molecule has 1 aromatic heterocycles. The van der Waals surface area contributed by atoms with Gasteiger partial charge < -0.3 is 5.32 Å². The fourth-order valence-electron chi connectivity index (χ4n) is 1.43. The fraction of sp³-hybridized carbons (Fsp3) is 0.583. The van der Waals surface area contributed by atoms with Crippen LogP contribution in [0.25, 0.3) is 0 Å². The Hall–Kier alpha value is -0.760. The van der Waals surface area contributed by atoms with E-state index in [9.17, 15) is 0 Å². The van der Waals surface area contributed by atoms with E-state index in [1.807, 2.05) is 19.2 Å². The van der Waals surface area contributed by atoms with E-state index >= 15 is 0 Å². The summed E-state index contributed by atoms with van der Waals surface area (Å²) in [4.78, 5) is 4.30. The van der Waals surface area contributed by atoms with Crippen molar-refractivity contribution < 1.29 is 0 Å². The van der Waals surface area contributed by atoms with E-state index in [1.165, 1.54) is 5.56 Å². The molecule has 1 heterocycles. The minimum atomic E-state index is 0.644. The molecule has 0 bridgehead atoms. The second kappa shape index (κ2) is 6.67. The van der Waals surface area contributed by atoms with Gasteiger partial charge in [0, 0.05) is 18.6 Å². The van der Waals surface area contributed by atoms with Gasteiger partial charge in [-0.25, -0.2) is 4.98 Å². The molecule has 3 heteroatoms. The summed E-state index contributed by atoms with van der Waals surface area (Å²) >= 11 is 5.73. The Balaban J connectivity index is 2.38. The molecule has 0 saturated carbocycles. The SMILES string of the molecule is CCC(CCCl)CNc1ccc(C)cn1. The highest BCUT2D eigenvalue weighted by molar-refractivity contribution is 6.17. The highest BCUT2D eigenvalue weighted by Crippen LogP contribution is 2.11. The molecule has 0 radical (unpaired) electrons. The Kier molecular flexibility index (Phi) is 5.48. The van der Waals surface area contributed by atoms with E-state index < -0.39 is 0 Å². The Morgan fingerprint density at radius 2 is 2.27 bits per heavy atom. The number of rotatable bonds is 6. The van der Waals surface area contributed by atoms with E-state index in [0.29, 0.717) is 5.92 Å². The lowest BCUT2D eigenvalue weighted by molar-refractivity contribution is 0.521. The molecule has 15 heavy (non-hydrogen) atoms. The number of nitrogens with one attached hydrogen (secondary N) is 1. The smallest absolute Gasteiger partial charge is 0.125 e. The van der Waals surface area contributed by atoms with Crippen LogP contribution in [0, 0.1) is 12.8 Å². The van der Waals surface area contributed by atoms with Crippen LogP contribution in [0.15, 0.2) is 18.3 Å². The molecule has 2 nitrogen and oxygen atoms in total. The molecule has 0 spiro atoms. The lowest BCUT2D eigenvalue weighted by atomic mass is 10.0. The molecule has 1 N–H and O–H groups in total. The molecule has 1 rings (SSSR count). The van der Waals surface area contributed by atoms with Crippen LogP contribution in [0.4, 0.5) is 5.82 Å². The number of aromatic nitrogens is 1. The molecule has 1 aromatic rings. The van der Waals surface area contributed by atoms with Gasteiger partial charge in [-0.2, -0.15) is 0 Å². The van der Waals surface area contributed by atoms with Crippen LogP contribution >= 0.6 is 11.6 Å². The lowest BCUT2D eigenvalue weighted by Gasteiger charge is -2.14. The van der Waals surface area contributed by atoms with Gasteiger partial charge in [0.15, 0.2) is 0 Å². The molecule has 84 valence electrons. The predicted octanol–water partition coefficient (Wildman–Crippen LogP) is 3.46. The summed E-state index contributed by atoms with van der Waals surface area (Å²) in [6, 6.07) is 4.08. The van der Waals surface area contributed by atoms with Crippen molar-refractivity contribution in [1.82, 2.24) is 4.98 Å². The van der Waals surface area contributed by atoms with Gasteiger partial charge >= 0.3 is 0 Å². The monoisotopic (exact) mass is 226 g/mol. The van der Waals surface area contributed by atoms with Gasteiger partial charge in [0.1, 0.15) is 5.82 Å². The first-order valence-electron chi connectivity index (χ1n) is 5.48. The zero-order valence-electron chi connectivity index (χ0n) is 9.46. The molecule has 1 atom stereocenters. The first kappa shape index (κ1) is 12.3. The number of anilines is 1. The normalized spacial score (nSPS) is 12.5. The first-order chi connectivity index (χ1) is 7.26. The number of alkyl halides is 1. The summed E-state index contributed by atoms with van der Waals surface area (Å²) in [5, 5.41) is 3.34. The van der Waals surface area contributed by atoms with Crippen molar-refractivity contribution in [2.45, 2.75) is 26.7 Å². The van der Waals surface area contributed by atoms with Crippen molar-refractivity contribution in [3.8, 4) is 0 Å². The molecule has 0 fully saturated rings. The summed E-state index contributed by atoms with van der Waals surface area (Å²) in [5.74, 6) is 2.33. The molecule has 1 unspecified atom stereocenters. The van der Waals surface area contributed by atoms with Crippen LogP contribution < -0.4 is 5.32 Å². The number of pyridine rings is 1. The Bertz CT molecular complexity index is 271. The lowest BCUT2D eigenvalue weighted by Crippen LogP contribution is -2.14. The van der Waals surface area contributed by atoms with Crippen LogP contribution in [0.2, 0.25) is 0 Å². The minimum Gasteiger partial charge on any atom is -0.370 e. The molecule has 0 aromatic carbocycles. The number of aryl methyl sites for hydroxylation is 1. The van der Waals surface area contributed by atoms with Gasteiger partial charge in [-0.15, -0.1) is 11.6 Å². The van der Waals surface area contributed by atoms with Gasteiger partial charge in [-0.3, -0.25) is 0 Å².